The molecule has 0 radical (unpaired) electrons. The van der Waals surface area contributed by atoms with E-state index in [9.17, 15) is 13.2 Å². The Morgan fingerprint density at radius 2 is 1.82 bits per heavy atom. The third-order valence-electron chi connectivity index (χ3n) is 2.53. The van der Waals surface area contributed by atoms with E-state index in [-0.39, 0.29) is 17.6 Å². The van der Waals surface area contributed by atoms with Crippen LogP contribution in [0.1, 0.15) is 40.5 Å². The van der Waals surface area contributed by atoms with Crippen LogP contribution in [0.3, 0.4) is 0 Å². The summed E-state index contributed by atoms with van der Waals surface area (Å²) < 4.78 is 25.7. The summed E-state index contributed by atoms with van der Waals surface area (Å²) in [4.78, 5) is 10.9. The Morgan fingerprint density at radius 1 is 1.29 bits per heavy atom. The van der Waals surface area contributed by atoms with Crippen molar-refractivity contribution in [1.29, 1.82) is 0 Å². The minimum absolute atomic E-state index is 0.0224. The van der Waals surface area contributed by atoms with Crippen LogP contribution in [0.2, 0.25) is 0 Å². The number of hydrogen-bond donors (Lipinski definition) is 2. The van der Waals surface area contributed by atoms with Crippen LogP contribution in [0.5, 0.6) is 0 Å². The fraction of sp³-hybridized carbons (Fsp3) is 0.909. The summed E-state index contributed by atoms with van der Waals surface area (Å²) in [6, 6.07) is -1.02. The molecular weight excluding hydrogens is 242 g/mol. The zero-order valence-corrected chi connectivity index (χ0v) is 11.8. The summed E-state index contributed by atoms with van der Waals surface area (Å²) in [6.45, 7) is 7.46. The zero-order chi connectivity index (χ0) is 13.6. The van der Waals surface area contributed by atoms with Crippen molar-refractivity contribution in [1.82, 2.24) is 4.72 Å². The fourth-order valence-electron chi connectivity index (χ4n) is 1.43. The van der Waals surface area contributed by atoms with Gasteiger partial charge in [-0.05, 0) is 18.3 Å². The molecule has 0 amide bonds. The summed E-state index contributed by atoms with van der Waals surface area (Å²) in [6.07, 6.45) is 1.05. The monoisotopic (exact) mass is 265 g/mol. The standard InChI is InChI=1S/C11H23NO4S/c1-5-9(4)7-17(15,16)12-10(11(13)14)6-8(2)3/h8-10,12H,5-7H2,1-4H3,(H,13,14)/t9?,10-/m0/s1. The van der Waals surface area contributed by atoms with Crippen LogP contribution < -0.4 is 4.72 Å². The lowest BCUT2D eigenvalue weighted by molar-refractivity contribution is -0.139. The van der Waals surface area contributed by atoms with Gasteiger partial charge in [-0.15, -0.1) is 0 Å². The van der Waals surface area contributed by atoms with E-state index in [4.69, 9.17) is 5.11 Å². The van der Waals surface area contributed by atoms with Gasteiger partial charge in [0.15, 0.2) is 0 Å². The van der Waals surface area contributed by atoms with Crippen LogP contribution in [-0.4, -0.2) is 31.3 Å². The molecule has 0 spiro atoms. The SMILES string of the molecule is CCC(C)CS(=O)(=O)N[C@@H](CC(C)C)C(=O)O. The Balaban J connectivity index is 4.58. The minimum atomic E-state index is -3.51. The van der Waals surface area contributed by atoms with Gasteiger partial charge in [-0.1, -0.05) is 34.1 Å². The summed E-state index contributed by atoms with van der Waals surface area (Å²) in [7, 11) is -3.51. The molecule has 0 fully saturated rings. The molecule has 0 bridgehead atoms. The van der Waals surface area contributed by atoms with Crippen molar-refractivity contribution in [2.75, 3.05) is 5.75 Å². The molecule has 102 valence electrons. The Hall–Kier alpha value is -0.620. The van der Waals surface area contributed by atoms with Gasteiger partial charge < -0.3 is 5.11 Å². The molecule has 2 N–H and O–H groups in total. The zero-order valence-electron chi connectivity index (χ0n) is 10.9. The third-order valence-corrected chi connectivity index (χ3v) is 4.18. The van der Waals surface area contributed by atoms with Crippen molar-refractivity contribution < 1.29 is 18.3 Å². The lowest BCUT2D eigenvalue weighted by Gasteiger charge is -2.18. The molecule has 0 saturated carbocycles. The number of rotatable bonds is 8. The fourth-order valence-corrected chi connectivity index (χ4v) is 3.14. The van der Waals surface area contributed by atoms with E-state index >= 15 is 0 Å². The maximum Gasteiger partial charge on any atom is 0.321 e. The minimum Gasteiger partial charge on any atom is -0.480 e. The predicted molar refractivity (Wildman–Crippen MR) is 67.3 cm³/mol. The maximum atomic E-state index is 11.7. The highest BCUT2D eigenvalue weighted by Gasteiger charge is 2.25. The van der Waals surface area contributed by atoms with Crippen molar-refractivity contribution in [3.05, 3.63) is 0 Å². The average molecular weight is 265 g/mol. The molecule has 2 atom stereocenters. The Morgan fingerprint density at radius 3 is 2.18 bits per heavy atom. The molecule has 0 aromatic heterocycles. The lowest BCUT2D eigenvalue weighted by atomic mass is 10.1. The number of carboxylic acid groups (broad SMARTS) is 1. The molecule has 5 nitrogen and oxygen atoms in total. The number of carbonyl (C=O) groups is 1. The first kappa shape index (κ1) is 16.4. The first-order chi connectivity index (χ1) is 7.68. The molecule has 0 saturated heterocycles. The number of hydrogen-bond acceptors (Lipinski definition) is 3. The molecule has 0 aromatic carbocycles. The van der Waals surface area contributed by atoms with Gasteiger partial charge in [-0.3, -0.25) is 4.79 Å². The van der Waals surface area contributed by atoms with Gasteiger partial charge in [0, 0.05) is 0 Å². The van der Waals surface area contributed by atoms with Gasteiger partial charge in [-0.2, -0.15) is 0 Å². The number of carboxylic acids is 1. The van der Waals surface area contributed by atoms with E-state index in [1.165, 1.54) is 0 Å². The third kappa shape index (κ3) is 7.33. The van der Waals surface area contributed by atoms with Crippen molar-refractivity contribution in [2.45, 2.75) is 46.6 Å². The molecule has 0 heterocycles. The van der Waals surface area contributed by atoms with E-state index in [1.807, 2.05) is 27.7 Å². The van der Waals surface area contributed by atoms with Gasteiger partial charge in [0.05, 0.1) is 5.75 Å². The van der Waals surface area contributed by atoms with E-state index in [0.717, 1.165) is 6.42 Å². The molecule has 0 rings (SSSR count). The number of aliphatic carboxylic acids is 1. The van der Waals surface area contributed by atoms with Crippen LogP contribution in [0.25, 0.3) is 0 Å². The largest absolute Gasteiger partial charge is 0.480 e. The first-order valence-corrected chi connectivity index (χ1v) is 7.56. The predicted octanol–water partition coefficient (Wildman–Crippen LogP) is 1.45. The van der Waals surface area contributed by atoms with Crippen molar-refractivity contribution >= 4 is 16.0 Å². The van der Waals surface area contributed by atoms with Gasteiger partial charge >= 0.3 is 5.97 Å². The molecule has 1 unspecified atom stereocenters. The highest BCUT2D eigenvalue weighted by Crippen LogP contribution is 2.09. The molecule has 6 heteroatoms. The van der Waals surface area contributed by atoms with E-state index < -0.39 is 22.0 Å². The molecule has 0 aliphatic carbocycles. The summed E-state index contributed by atoms with van der Waals surface area (Å²) in [5, 5.41) is 8.95. The van der Waals surface area contributed by atoms with Gasteiger partial charge in [0.2, 0.25) is 10.0 Å². The van der Waals surface area contributed by atoms with Crippen LogP contribution >= 0.6 is 0 Å². The summed E-state index contributed by atoms with van der Waals surface area (Å²) in [5.74, 6) is -0.986. The second-order valence-electron chi connectivity index (χ2n) is 4.93. The van der Waals surface area contributed by atoms with Gasteiger partial charge in [-0.25, -0.2) is 13.1 Å². The maximum absolute atomic E-state index is 11.7. The molecule has 0 aliphatic heterocycles. The Bertz CT molecular complexity index is 337. The van der Waals surface area contributed by atoms with Crippen molar-refractivity contribution in [2.24, 2.45) is 11.8 Å². The number of nitrogens with one attached hydrogen (secondary N) is 1. The van der Waals surface area contributed by atoms with E-state index in [0.29, 0.717) is 6.42 Å². The van der Waals surface area contributed by atoms with Crippen LogP contribution in [0.4, 0.5) is 0 Å². The normalized spacial score (nSPS) is 15.8. The quantitative estimate of drug-likeness (QED) is 0.696. The Labute approximate surface area is 104 Å². The van der Waals surface area contributed by atoms with Crippen LogP contribution in [0, 0.1) is 11.8 Å². The molecule has 0 aliphatic rings. The van der Waals surface area contributed by atoms with E-state index in [1.54, 1.807) is 0 Å². The van der Waals surface area contributed by atoms with Gasteiger partial charge in [0.25, 0.3) is 0 Å². The second kappa shape index (κ2) is 6.96. The highest BCUT2D eigenvalue weighted by atomic mass is 32.2. The second-order valence-corrected chi connectivity index (χ2v) is 6.73. The van der Waals surface area contributed by atoms with Crippen molar-refractivity contribution in [3.8, 4) is 0 Å². The molecular formula is C11H23NO4S. The smallest absolute Gasteiger partial charge is 0.321 e. The van der Waals surface area contributed by atoms with Crippen molar-refractivity contribution in [3.63, 3.8) is 0 Å². The lowest BCUT2D eigenvalue weighted by Crippen LogP contribution is -2.43. The first-order valence-electron chi connectivity index (χ1n) is 5.90. The molecule has 17 heavy (non-hydrogen) atoms. The molecule has 0 aromatic rings. The average Bonchev–Trinajstić information content (AvgIpc) is 2.14. The number of sulfonamides is 1. The summed E-state index contributed by atoms with van der Waals surface area (Å²) in [5.41, 5.74) is 0. The van der Waals surface area contributed by atoms with E-state index in [2.05, 4.69) is 4.72 Å². The van der Waals surface area contributed by atoms with Crippen LogP contribution in [0.15, 0.2) is 0 Å². The highest BCUT2D eigenvalue weighted by molar-refractivity contribution is 7.89. The summed E-state index contributed by atoms with van der Waals surface area (Å²) >= 11 is 0. The Kier molecular flexibility index (Phi) is 6.70. The van der Waals surface area contributed by atoms with Crippen LogP contribution in [-0.2, 0) is 14.8 Å². The van der Waals surface area contributed by atoms with Gasteiger partial charge in [0.1, 0.15) is 6.04 Å². The topological polar surface area (TPSA) is 83.5 Å².